The summed E-state index contributed by atoms with van der Waals surface area (Å²) in [6, 6.07) is 0. The van der Waals surface area contributed by atoms with E-state index >= 15 is 0 Å². The number of carboxylic acid groups (broad SMARTS) is 1. The first kappa shape index (κ1) is 47.2. The lowest BCUT2D eigenvalue weighted by Gasteiger charge is -2.71. The minimum Gasteiger partial charge on any atom is -0.481 e. The standard InChI is InChI=1S/C46H74O16/c1-22-30(50)35(61-37-33(53)31(51)25(48)19-57-37)34(54)38(59-22)62-36-32(52)26(49)20-58-39(36)60-29-11-12-42(4)27(43(29,5)21-47)10-13-45(7)28(42)9-8-23-24-18-41(2,3)14-16-46(24,40(55)56)17-15-44(23,45)6/h8,22,24-39,47-54H,9-21H2,1-7H3,(H,55,56)/t22-,24?,25+,26+,27?,28?,29-,30-,31+,32-,33+,34+,35+,36+,37-,38-,39-,42-,43-,44+,45+,46-/m0/s1. The molecule has 0 spiro atoms. The van der Waals surface area contributed by atoms with E-state index in [0.717, 1.165) is 44.9 Å². The molecule has 9 N–H and O–H groups in total. The van der Waals surface area contributed by atoms with Crippen molar-refractivity contribution >= 4 is 5.97 Å². The van der Waals surface area contributed by atoms with Crippen LogP contribution in [0.1, 0.15) is 113 Å². The minimum atomic E-state index is -1.73. The lowest BCUT2D eigenvalue weighted by molar-refractivity contribution is -0.379. The average Bonchev–Trinajstić information content (AvgIpc) is 3.21. The van der Waals surface area contributed by atoms with Crippen LogP contribution in [0.3, 0.4) is 0 Å². The van der Waals surface area contributed by atoms with Gasteiger partial charge in [0.05, 0.1) is 37.4 Å². The lowest BCUT2D eigenvalue weighted by Crippen LogP contribution is -2.67. The molecule has 3 saturated heterocycles. The van der Waals surface area contributed by atoms with Gasteiger partial charge < -0.3 is 74.4 Å². The molecule has 4 saturated carbocycles. The van der Waals surface area contributed by atoms with Crippen LogP contribution in [0.25, 0.3) is 0 Å². The zero-order valence-electron chi connectivity index (χ0n) is 37.5. The van der Waals surface area contributed by atoms with Crippen molar-refractivity contribution in [1.29, 1.82) is 0 Å². The highest BCUT2D eigenvalue weighted by Gasteiger charge is 2.70. The number of carbonyl (C=O) groups is 1. The number of aliphatic carboxylic acids is 1. The summed E-state index contributed by atoms with van der Waals surface area (Å²) in [4.78, 5) is 13.1. The van der Waals surface area contributed by atoms with Crippen LogP contribution in [0.2, 0.25) is 0 Å². The number of hydrogen-bond acceptors (Lipinski definition) is 15. The summed E-state index contributed by atoms with van der Waals surface area (Å²) >= 11 is 0. The topological polar surface area (TPSA) is 255 Å². The Morgan fingerprint density at radius 1 is 0.710 bits per heavy atom. The number of carboxylic acids is 1. The molecule has 3 unspecified atom stereocenters. The maximum Gasteiger partial charge on any atom is 0.310 e. The largest absolute Gasteiger partial charge is 0.481 e. The molecular weight excluding hydrogens is 808 g/mol. The second-order valence-electron chi connectivity index (χ2n) is 22.4. The first-order valence-corrected chi connectivity index (χ1v) is 23.1. The molecule has 0 aromatic rings. The summed E-state index contributed by atoms with van der Waals surface area (Å²) in [5.74, 6) is -0.342. The fourth-order valence-corrected chi connectivity index (χ4v) is 14.5. The number of aliphatic hydroxyl groups excluding tert-OH is 8. The second-order valence-corrected chi connectivity index (χ2v) is 22.4. The van der Waals surface area contributed by atoms with Gasteiger partial charge in [-0.05, 0) is 111 Å². The molecule has 3 heterocycles. The Kier molecular flexibility index (Phi) is 12.5. The van der Waals surface area contributed by atoms with Crippen molar-refractivity contribution in [1.82, 2.24) is 0 Å². The van der Waals surface area contributed by atoms with Crippen LogP contribution in [0, 0.1) is 50.2 Å². The van der Waals surface area contributed by atoms with Crippen LogP contribution in [0.15, 0.2) is 11.6 Å². The van der Waals surface area contributed by atoms with E-state index in [2.05, 4.69) is 47.6 Å². The minimum absolute atomic E-state index is 0.00631. The first-order valence-electron chi connectivity index (χ1n) is 23.1. The highest BCUT2D eigenvalue weighted by Crippen LogP contribution is 2.76. The maximum absolute atomic E-state index is 13.1. The second kappa shape index (κ2) is 16.5. The van der Waals surface area contributed by atoms with Crippen LogP contribution in [0.5, 0.6) is 0 Å². The Bertz CT molecular complexity index is 1690. The van der Waals surface area contributed by atoms with Gasteiger partial charge in [-0.3, -0.25) is 4.79 Å². The molecule has 0 bridgehead atoms. The van der Waals surface area contributed by atoms with Gasteiger partial charge in [-0.15, -0.1) is 0 Å². The molecular formula is C46H74O16. The quantitative estimate of drug-likeness (QED) is 0.125. The fraction of sp³-hybridized carbons (Fsp3) is 0.935. The lowest BCUT2D eigenvalue weighted by atomic mass is 9.33. The normalized spacial score (nSPS) is 55.1. The van der Waals surface area contributed by atoms with E-state index in [1.807, 2.05) is 0 Å². The van der Waals surface area contributed by atoms with Gasteiger partial charge in [0.2, 0.25) is 0 Å². The van der Waals surface area contributed by atoms with Crippen LogP contribution in [-0.4, -0.2) is 158 Å². The smallest absolute Gasteiger partial charge is 0.310 e. The molecule has 7 fully saturated rings. The van der Waals surface area contributed by atoms with E-state index in [-0.39, 0.29) is 59.2 Å². The van der Waals surface area contributed by atoms with Gasteiger partial charge >= 0.3 is 5.97 Å². The molecule has 3 aliphatic heterocycles. The maximum atomic E-state index is 13.1. The summed E-state index contributed by atoms with van der Waals surface area (Å²) < 4.78 is 36.0. The van der Waals surface area contributed by atoms with Crippen molar-refractivity contribution in [2.75, 3.05) is 19.8 Å². The highest BCUT2D eigenvalue weighted by atomic mass is 16.8. The number of aliphatic hydroxyl groups is 8. The molecule has 62 heavy (non-hydrogen) atoms. The number of fused-ring (bicyclic) bond motifs is 7. The predicted molar refractivity (Wildman–Crippen MR) is 219 cm³/mol. The van der Waals surface area contributed by atoms with Gasteiger partial charge in [0.1, 0.15) is 54.9 Å². The summed E-state index contributed by atoms with van der Waals surface area (Å²) in [5, 5.41) is 97.4. The molecule has 16 nitrogen and oxygen atoms in total. The van der Waals surface area contributed by atoms with Gasteiger partial charge in [0.25, 0.3) is 0 Å². The number of ether oxygens (including phenoxy) is 6. The van der Waals surface area contributed by atoms with E-state index in [9.17, 15) is 50.8 Å². The third-order valence-electron chi connectivity index (χ3n) is 18.7. The molecule has 22 atom stereocenters. The van der Waals surface area contributed by atoms with Gasteiger partial charge in [0.15, 0.2) is 18.9 Å². The average molecular weight is 883 g/mol. The van der Waals surface area contributed by atoms with Crippen molar-refractivity contribution in [3.63, 3.8) is 0 Å². The predicted octanol–water partition coefficient (Wildman–Crippen LogP) is 1.98. The molecule has 0 aromatic heterocycles. The van der Waals surface area contributed by atoms with Crippen LogP contribution < -0.4 is 0 Å². The van der Waals surface area contributed by atoms with E-state index < -0.39 is 103 Å². The van der Waals surface area contributed by atoms with Crippen molar-refractivity contribution in [3.8, 4) is 0 Å². The summed E-state index contributed by atoms with van der Waals surface area (Å²) in [6.07, 6.45) is -9.19. The third-order valence-corrected chi connectivity index (χ3v) is 18.7. The van der Waals surface area contributed by atoms with Crippen LogP contribution >= 0.6 is 0 Å². The van der Waals surface area contributed by atoms with Gasteiger partial charge in [0, 0.05) is 5.41 Å². The molecule has 0 radical (unpaired) electrons. The van der Waals surface area contributed by atoms with Gasteiger partial charge in [-0.1, -0.05) is 53.2 Å². The van der Waals surface area contributed by atoms with Crippen LogP contribution in [0.4, 0.5) is 0 Å². The number of allylic oxidation sites excluding steroid dienone is 2. The van der Waals surface area contributed by atoms with E-state index in [4.69, 9.17) is 28.4 Å². The van der Waals surface area contributed by atoms with Crippen molar-refractivity contribution in [3.05, 3.63) is 11.6 Å². The molecule has 354 valence electrons. The SMILES string of the molecule is C[C@@H]1O[C@@H](O[C@H]2[C@H](O[C@H]3CC[C@@]4(C)C(CC[C@]5(C)C4CC=C4C6CC(C)(C)CC[C@]6(C(=O)O)CC[C@]45C)[C@]3(C)CO)OC[C@@H](O)[C@@H]2O)[C@H](O)[C@H](O[C@@H]2OC[C@@H](O)[C@@H](O)[C@H]2O)[C@H]1O. The molecule has 5 aliphatic carbocycles. The van der Waals surface area contributed by atoms with Gasteiger partial charge in [-0.25, -0.2) is 0 Å². The molecule has 8 aliphatic rings. The van der Waals surface area contributed by atoms with Crippen molar-refractivity contribution in [2.24, 2.45) is 50.2 Å². The highest BCUT2D eigenvalue weighted by molar-refractivity contribution is 5.76. The molecule has 8 rings (SSSR count). The third kappa shape index (κ3) is 7.19. The van der Waals surface area contributed by atoms with E-state index in [0.29, 0.717) is 19.3 Å². The Balaban J connectivity index is 1.02. The molecule has 0 amide bonds. The Labute approximate surface area is 364 Å². The summed E-state index contributed by atoms with van der Waals surface area (Å²) in [6.45, 7) is 14.5. The molecule has 0 aromatic carbocycles. The van der Waals surface area contributed by atoms with Crippen LogP contribution in [-0.2, 0) is 33.2 Å². The van der Waals surface area contributed by atoms with Crippen molar-refractivity contribution in [2.45, 2.75) is 199 Å². The Hall–Kier alpha value is -1.35. The van der Waals surface area contributed by atoms with Crippen molar-refractivity contribution < 1.29 is 79.2 Å². The van der Waals surface area contributed by atoms with Gasteiger partial charge in [-0.2, -0.15) is 0 Å². The van der Waals surface area contributed by atoms with E-state index in [1.54, 1.807) is 0 Å². The zero-order chi connectivity index (χ0) is 45.1. The fourth-order valence-electron chi connectivity index (χ4n) is 14.5. The Morgan fingerprint density at radius 3 is 2.03 bits per heavy atom. The monoisotopic (exact) mass is 882 g/mol. The van der Waals surface area contributed by atoms with E-state index in [1.165, 1.54) is 12.5 Å². The molecule has 16 heteroatoms. The number of rotatable bonds is 8. The Morgan fingerprint density at radius 2 is 1.35 bits per heavy atom. The zero-order valence-corrected chi connectivity index (χ0v) is 37.5. The summed E-state index contributed by atoms with van der Waals surface area (Å²) in [7, 11) is 0. The first-order chi connectivity index (χ1) is 29.0. The number of hydrogen-bond donors (Lipinski definition) is 9. The summed E-state index contributed by atoms with van der Waals surface area (Å²) in [5.41, 5.74) is -0.519.